The van der Waals surface area contributed by atoms with Crippen molar-refractivity contribution in [2.75, 3.05) is 13.2 Å². The Balaban J connectivity index is 1.32. The number of nitrogens with zero attached hydrogens (tertiary/aromatic N) is 1. The first-order valence-corrected chi connectivity index (χ1v) is 9.97. The van der Waals surface area contributed by atoms with Gasteiger partial charge in [0.15, 0.2) is 0 Å². The molecule has 1 aromatic heterocycles. The van der Waals surface area contributed by atoms with E-state index < -0.39 is 0 Å². The molecule has 0 bridgehead atoms. The van der Waals surface area contributed by atoms with Crippen LogP contribution in [0.5, 0.6) is 5.75 Å². The van der Waals surface area contributed by atoms with Crippen molar-refractivity contribution in [2.24, 2.45) is 0 Å². The van der Waals surface area contributed by atoms with Crippen molar-refractivity contribution in [3.8, 4) is 5.75 Å². The summed E-state index contributed by atoms with van der Waals surface area (Å²) in [5.74, 6) is 0.796. The molecule has 2 fully saturated rings. The van der Waals surface area contributed by atoms with Gasteiger partial charge < -0.3 is 15.0 Å². The van der Waals surface area contributed by atoms with Crippen LogP contribution in [-0.2, 0) is 0 Å². The first kappa shape index (κ1) is 17.1. The Bertz CT molecular complexity index is 769. The van der Waals surface area contributed by atoms with Crippen LogP contribution in [0.2, 0.25) is 0 Å². The highest BCUT2D eigenvalue weighted by Crippen LogP contribution is 2.24. The summed E-state index contributed by atoms with van der Waals surface area (Å²) < 4.78 is 5.89. The number of thiophene rings is 1. The second-order valence-electron chi connectivity index (χ2n) is 6.86. The van der Waals surface area contributed by atoms with Gasteiger partial charge in [0.25, 0.3) is 11.8 Å². The number of hydrogen-bond donors (Lipinski definition) is 1. The van der Waals surface area contributed by atoms with Crippen LogP contribution < -0.4 is 10.1 Å². The Morgan fingerprint density at radius 1 is 1.15 bits per heavy atom. The molecule has 26 heavy (non-hydrogen) atoms. The second-order valence-corrected chi connectivity index (χ2v) is 7.80. The molecule has 2 heterocycles. The zero-order valence-corrected chi connectivity index (χ0v) is 15.3. The minimum atomic E-state index is -0.0254. The molecule has 1 saturated heterocycles. The van der Waals surface area contributed by atoms with Crippen LogP contribution in [0, 0.1) is 0 Å². The number of carbonyl (C=O) groups is 2. The lowest BCUT2D eigenvalue weighted by Gasteiger charge is -2.24. The van der Waals surface area contributed by atoms with E-state index in [2.05, 4.69) is 5.32 Å². The van der Waals surface area contributed by atoms with E-state index >= 15 is 0 Å². The van der Waals surface area contributed by atoms with E-state index in [-0.39, 0.29) is 17.9 Å². The topological polar surface area (TPSA) is 58.6 Å². The third-order valence-electron chi connectivity index (χ3n) is 4.84. The Labute approximate surface area is 157 Å². The number of rotatable bonds is 6. The molecule has 6 heteroatoms. The van der Waals surface area contributed by atoms with Crippen molar-refractivity contribution in [2.45, 2.75) is 37.8 Å². The highest BCUT2D eigenvalue weighted by atomic mass is 32.1. The van der Waals surface area contributed by atoms with E-state index in [4.69, 9.17) is 4.74 Å². The molecule has 5 nitrogen and oxygen atoms in total. The average Bonchev–Trinajstić information content (AvgIpc) is 3.15. The monoisotopic (exact) mass is 370 g/mol. The van der Waals surface area contributed by atoms with Crippen LogP contribution in [-0.4, -0.2) is 41.9 Å². The van der Waals surface area contributed by atoms with Gasteiger partial charge in [-0.15, -0.1) is 11.3 Å². The highest BCUT2D eigenvalue weighted by molar-refractivity contribution is 7.12. The lowest BCUT2D eigenvalue weighted by atomic mass is 10.2. The molecule has 0 spiro atoms. The standard InChI is InChI=1S/C20H22N2O3S/c23-19(21-15-7-8-15)14-5-9-17(10-6-14)25-13-16-3-1-11-22(16)20(24)18-4-2-12-26-18/h2,4-6,9-10,12,15-16H,1,3,7-8,11,13H2,(H,21,23). The van der Waals surface area contributed by atoms with Crippen molar-refractivity contribution < 1.29 is 14.3 Å². The van der Waals surface area contributed by atoms with Gasteiger partial charge in [-0.05, 0) is 61.4 Å². The molecule has 0 radical (unpaired) electrons. The summed E-state index contributed by atoms with van der Waals surface area (Å²) in [6.07, 6.45) is 4.12. The molecular formula is C20H22N2O3S. The van der Waals surface area contributed by atoms with Gasteiger partial charge >= 0.3 is 0 Å². The zero-order valence-electron chi connectivity index (χ0n) is 14.5. The molecule has 1 aromatic carbocycles. The third kappa shape index (κ3) is 3.90. The predicted octanol–water partition coefficient (Wildman–Crippen LogP) is 3.32. The summed E-state index contributed by atoms with van der Waals surface area (Å²) in [5, 5.41) is 4.90. The Kier molecular flexibility index (Phi) is 4.93. The van der Waals surface area contributed by atoms with Crippen LogP contribution in [0.15, 0.2) is 41.8 Å². The maximum Gasteiger partial charge on any atom is 0.264 e. The van der Waals surface area contributed by atoms with E-state index in [1.807, 2.05) is 34.5 Å². The SMILES string of the molecule is O=C(NC1CC1)c1ccc(OCC2CCCN2C(=O)c2cccs2)cc1. The number of hydrogen-bond acceptors (Lipinski definition) is 4. The van der Waals surface area contributed by atoms with Gasteiger partial charge in [-0.3, -0.25) is 9.59 Å². The Morgan fingerprint density at radius 3 is 2.65 bits per heavy atom. The maximum atomic E-state index is 12.6. The van der Waals surface area contributed by atoms with Crippen molar-refractivity contribution in [1.82, 2.24) is 10.2 Å². The molecule has 2 amide bonds. The van der Waals surface area contributed by atoms with E-state index in [1.165, 1.54) is 11.3 Å². The van der Waals surface area contributed by atoms with Crippen molar-refractivity contribution >= 4 is 23.2 Å². The maximum absolute atomic E-state index is 12.6. The molecule has 1 unspecified atom stereocenters. The zero-order chi connectivity index (χ0) is 17.9. The minimum absolute atomic E-state index is 0.0254. The van der Waals surface area contributed by atoms with E-state index in [0.29, 0.717) is 18.2 Å². The average molecular weight is 370 g/mol. The number of nitrogens with one attached hydrogen (secondary N) is 1. The lowest BCUT2D eigenvalue weighted by molar-refractivity contribution is 0.0696. The lowest BCUT2D eigenvalue weighted by Crippen LogP contribution is -2.38. The van der Waals surface area contributed by atoms with Gasteiger partial charge in [-0.25, -0.2) is 0 Å². The molecule has 2 aliphatic rings. The molecule has 1 N–H and O–H groups in total. The summed E-state index contributed by atoms with van der Waals surface area (Å²) in [5.41, 5.74) is 0.652. The quantitative estimate of drug-likeness (QED) is 0.849. The summed E-state index contributed by atoms with van der Waals surface area (Å²) in [7, 11) is 0. The number of carbonyl (C=O) groups excluding carboxylic acids is 2. The van der Waals surface area contributed by atoms with Crippen LogP contribution >= 0.6 is 11.3 Å². The number of amides is 2. The normalized spacial score (nSPS) is 19.4. The van der Waals surface area contributed by atoms with Gasteiger partial charge in [0.05, 0.1) is 10.9 Å². The molecule has 1 atom stereocenters. The first-order chi connectivity index (χ1) is 12.7. The fraction of sp³-hybridized carbons (Fsp3) is 0.400. The summed E-state index contributed by atoms with van der Waals surface area (Å²) in [4.78, 5) is 27.3. The van der Waals surface area contributed by atoms with Crippen molar-refractivity contribution in [1.29, 1.82) is 0 Å². The predicted molar refractivity (Wildman–Crippen MR) is 101 cm³/mol. The minimum Gasteiger partial charge on any atom is -0.491 e. The summed E-state index contributed by atoms with van der Waals surface area (Å²) >= 11 is 1.48. The van der Waals surface area contributed by atoms with Crippen LogP contribution in [0.1, 0.15) is 45.7 Å². The van der Waals surface area contributed by atoms with Gasteiger partial charge in [0, 0.05) is 18.2 Å². The van der Waals surface area contributed by atoms with Gasteiger partial charge in [-0.2, -0.15) is 0 Å². The number of benzene rings is 1. The molecule has 1 aliphatic heterocycles. The van der Waals surface area contributed by atoms with Crippen LogP contribution in [0.4, 0.5) is 0 Å². The van der Waals surface area contributed by atoms with E-state index in [9.17, 15) is 9.59 Å². The Morgan fingerprint density at radius 2 is 1.96 bits per heavy atom. The fourth-order valence-corrected chi connectivity index (χ4v) is 3.89. The number of ether oxygens (including phenoxy) is 1. The fourth-order valence-electron chi connectivity index (χ4n) is 3.21. The summed E-state index contributed by atoms with van der Waals surface area (Å²) in [6, 6.07) is 11.4. The van der Waals surface area contributed by atoms with Gasteiger partial charge in [-0.1, -0.05) is 6.07 Å². The molecule has 1 aliphatic carbocycles. The molecule has 2 aromatic rings. The molecule has 4 rings (SSSR count). The van der Waals surface area contributed by atoms with Crippen molar-refractivity contribution in [3.63, 3.8) is 0 Å². The van der Waals surface area contributed by atoms with Gasteiger partial charge in [0.2, 0.25) is 0 Å². The van der Waals surface area contributed by atoms with Crippen LogP contribution in [0.3, 0.4) is 0 Å². The Hall–Kier alpha value is -2.34. The third-order valence-corrected chi connectivity index (χ3v) is 5.70. The van der Waals surface area contributed by atoms with Crippen molar-refractivity contribution in [3.05, 3.63) is 52.2 Å². The van der Waals surface area contributed by atoms with E-state index in [0.717, 1.165) is 42.9 Å². The molecule has 136 valence electrons. The summed E-state index contributed by atoms with van der Waals surface area (Å²) in [6.45, 7) is 1.26. The largest absolute Gasteiger partial charge is 0.491 e. The molecule has 1 saturated carbocycles. The van der Waals surface area contributed by atoms with Gasteiger partial charge in [0.1, 0.15) is 12.4 Å². The highest BCUT2D eigenvalue weighted by Gasteiger charge is 2.30. The van der Waals surface area contributed by atoms with E-state index in [1.54, 1.807) is 12.1 Å². The second kappa shape index (κ2) is 7.50. The first-order valence-electron chi connectivity index (χ1n) is 9.09. The van der Waals surface area contributed by atoms with Crippen LogP contribution in [0.25, 0.3) is 0 Å². The smallest absolute Gasteiger partial charge is 0.264 e. The number of likely N-dealkylation sites (tertiary alicyclic amines) is 1. The molecular weight excluding hydrogens is 348 g/mol.